The van der Waals surface area contributed by atoms with E-state index in [1.807, 2.05) is 48.5 Å². The van der Waals surface area contributed by atoms with Gasteiger partial charge in [0, 0.05) is 15.4 Å². The van der Waals surface area contributed by atoms with Gasteiger partial charge in [0.25, 0.3) is 5.56 Å². The third kappa shape index (κ3) is 2.47. The first-order valence-corrected chi connectivity index (χ1v) is 7.80. The number of benzene rings is 2. The van der Waals surface area contributed by atoms with E-state index in [0.29, 0.717) is 11.0 Å². The fourth-order valence-corrected chi connectivity index (χ4v) is 2.72. The standard InChI is InChI=1S/C17H11BrN4O/c18-12-7-5-11(6-8-12)9-20-22-10-19-15-13-3-1-2-4-14(13)21-16(15)17(22)23/h1-10,21H. The lowest BCUT2D eigenvalue weighted by atomic mass is 10.2. The molecule has 2 aromatic heterocycles. The van der Waals surface area contributed by atoms with Gasteiger partial charge in [-0.25, -0.2) is 4.98 Å². The van der Waals surface area contributed by atoms with Gasteiger partial charge in [-0.1, -0.05) is 46.3 Å². The van der Waals surface area contributed by atoms with E-state index in [4.69, 9.17) is 0 Å². The minimum atomic E-state index is -0.223. The molecule has 0 aliphatic heterocycles. The summed E-state index contributed by atoms with van der Waals surface area (Å²) in [5, 5.41) is 5.14. The monoisotopic (exact) mass is 366 g/mol. The van der Waals surface area contributed by atoms with Gasteiger partial charge < -0.3 is 4.98 Å². The van der Waals surface area contributed by atoms with Gasteiger partial charge in [0.1, 0.15) is 17.4 Å². The molecule has 0 aliphatic rings. The summed E-state index contributed by atoms with van der Waals surface area (Å²) in [6, 6.07) is 15.4. The zero-order chi connectivity index (χ0) is 15.8. The Labute approximate surface area is 139 Å². The molecule has 0 spiro atoms. The van der Waals surface area contributed by atoms with Crippen molar-refractivity contribution in [2.24, 2.45) is 5.10 Å². The number of nitrogens with one attached hydrogen (secondary N) is 1. The van der Waals surface area contributed by atoms with E-state index in [2.05, 4.69) is 31.0 Å². The van der Waals surface area contributed by atoms with Crippen molar-refractivity contribution in [3.8, 4) is 0 Å². The van der Waals surface area contributed by atoms with Crippen molar-refractivity contribution >= 4 is 44.1 Å². The molecule has 4 aromatic rings. The van der Waals surface area contributed by atoms with Crippen molar-refractivity contribution in [1.29, 1.82) is 0 Å². The number of hydrogen-bond donors (Lipinski definition) is 1. The van der Waals surface area contributed by atoms with Gasteiger partial charge in [0.15, 0.2) is 0 Å². The molecule has 2 aromatic carbocycles. The van der Waals surface area contributed by atoms with Crippen LogP contribution in [0.15, 0.2) is 69.2 Å². The van der Waals surface area contributed by atoms with Crippen molar-refractivity contribution in [3.05, 3.63) is 75.2 Å². The van der Waals surface area contributed by atoms with Crippen LogP contribution in [0.25, 0.3) is 21.9 Å². The van der Waals surface area contributed by atoms with Crippen LogP contribution in [-0.4, -0.2) is 20.9 Å². The highest BCUT2D eigenvalue weighted by atomic mass is 79.9. The molecule has 4 rings (SSSR count). The molecule has 0 aliphatic carbocycles. The minimum Gasteiger partial charge on any atom is -0.349 e. The zero-order valence-electron chi connectivity index (χ0n) is 11.9. The first-order valence-electron chi connectivity index (χ1n) is 7.00. The number of rotatable bonds is 2. The van der Waals surface area contributed by atoms with E-state index in [1.54, 1.807) is 6.21 Å². The highest BCUT2D eigenvalue weighted by molar-refractivity contribution is 9.10. The molecule has 0 saturated carbocycles. The molecular formula is C17H11BrN4O. The summed E-state index contributed by atoms with van der Waals surface area (Å²) in [6.07, 6.45) is 3.07. The van der Waals surface area contributed by atoms with Gasteiger partial charge in [0.05, 0.1) is 6.21 Å². The number of nitrogens with zero attached hydrogens (tertiary/aromatic N) is 3. The predicted molar refractivity (Wildman–Crippen MR) is 95.0 cm³/mol. The summed E-state index contributed by atoms with van der Waals surface area (Å²) in [5.74, 6) is 0. The molecular weight excluding hydrogens is 356 g/mol. The average molecular weight is 367 g/mol. The Morgan fingerprint density at radius 1 is 1.13 bits per heavy atom. The number of aromatic nitrogens is 3. The molecule has 0 bridgehead atoms. The van der Waals surface area contributed by atoms with Gasteiger partial charge in [0.2, 0.25) is 0 Å². The molecule has 0 radical (unpaired) electrons. The smallest absolute Gasteiger partial charge is 0.298 e. The normalized spacial score (nSPS) is 11.7. The average Bonchev–Trinajstić information content (AvgIpc) is 2.95. The van der Waals surface area contributed by atoms with E-state index >= 15 is 0 Å². The van der Waals surface area contributed by atoms with Crippen LogP contribution in [0.1, 0.15) is 5.56 Å². The molecule has 6 heteroatoms. The van der Waals surface area contributed by atoms with E-state index in [-0.39, 0.29) is 5.56 Å². The summed E-state index contributed by atoms with van der Waals surface area (Å²) in [7, 11) is 0. The second kappa shape index (κ2) is 5.48. The SMILES string of the molecule is O=c1c2[nH]c3ccccc3c2ncn1N=Cc1ccc(Br)cc1. The third-order valence-corrected chi connectivity index (χ3v) is 4.13. The fraction of sp³-hybridized carbons (Fsp3) is 0. The third-order valence-electron chi connectivity index (χ3n) is 3.60. The van der Waals surface area contributed by atoms with Crippen molar-refractivity contribution in [3.63, 3.8) is 0 Å². The molecule has 112 valence electrons. The summed E-state index contributed by atoms with van der Waals surface area (Å²) in [5.41, 5.74) is 2.69. The Morgan fingerprint density at radius 2 is 1.91 bits per heavy atom. The lowest BCUT2D eigenvalue weighted by Gasteiger charge is -1.98. The first-order chi connectivity index (χ1) is 11.2. The van der Waals surface area contributed by atoms with Crippen LogP contribution < -0.4 is 5.56 Å². The largest absolute Gasteiger partial charge is 0.349 e. The Kier molecular flexibility index (Phi) is 3.31. The molecule has 0 atom stereocenters. The van der Waals surface area contributed by atoms with Crippen LogP contribution in [0.5, 0.6) is 0 Å². The number of hydrogen-bond acceptors (Lipinski definition) is 3. The number of H-pyrrole nitrogens is 1. The fourth-order valence-electron chi connectivity index (χ4n) is 2.46. The number of fused-ring (bicyclic) bond motifs is 3. The van der Waals surface area contributed by atoms with Crippen molar-refractivity contribution in [1.82, 2.24) is 14.6 Å². The van der Waals surface area contributed by atoms with E-state index in [1.165, 1.54) is 11.0 Å². The highest BCUT2D eigenvalue weighted by Crippen LogP contribution is 2.20. The maximum Gasteiger partial charge on any atom is 0.298 e. The second-order valence-electron chi connectivity index (χ2n) is 5.08. The quantitative estimate of drug-likeness (QED) is 0.551. The number of para-hydroxylation sites is 1. The molecule has 5 nitrogen and oxygen atoms in total. The topological polar surface area (TPSA) is 63.0 Å². The van der Waals surface area contributed by atoms with Crippen molar-refractivity contribution < 1.29 is 0 Å². The molecule has 0 amide bonds. The first kappa shape index (κ1) is 13.9. The van der Waals surface area contributed by atoms with Crippen LogP contribution in [0.2, 0.25) is 0 Å². The van der Waals surface area contributed by atoms with Crippen molar-refractivity contribution in [2.45, 2.75) is 0 Å². The van der Waals surface area contributed by atoms with Crippen LogP contribution in [0.4, 0.5) is 0 Å². The summed E-state index contributed by atoms with van der Waals surface area (Å²) >= 11 is 3.38. The van der Waals surface area contributed by atoms with Crippen LogP contribution in [0, 0.1) is 0 Å². The van der Waals surface area contributed by atoms with Crippen LogP contribution in [0.3, 0.4) is 0 Å². The molecule has 2 heterocycles. The molecule has 0 fully saturated rings. The van der Waals surface area contributed by atoms with Crippen LogP contribution >= 0.6 is 15.9 Å². The maximum absolute atomic E-state index is 12.5. The summed E-state index contributed by atoms with van der Waals surface area (Å²) in [6.45, 7) is 0. The van der Waals surface area contributed by atoms with E-state index in [9.17, 15) is 4.79 Å². The van der Waals surface area contributed by atoms with Gasteiger partial charge in [-0.2, -0.15) is 9.78 Å². The summed E-state index contributed by atoms with van der Waals surface area (Å²) in [4.78, 5) is 20.0. The Hall–Kier alpha value is -2.73. The lowest BCUT2D eigenvalue weighted by Crippen LogP contribution is -2.17. The highest BCUT2D eigenvalue weighted by Gasteiger charge is 2.09. The molecule has 0 unspecified atom stereocenters. The predicted octanol–water partition coefficient (Wildman–Crippen LogP) is 3.52. The zero-order valence-corrected chi connectivity index (χ0v) is 13.5. The van der Waals surface area contributed by atoms with E-state index < -0.39 is 0 Å². The molecule has 0 saturated heterocycles. The number of halogens is 1. The van der Waals surface area contributed by atoms with Gasteiger partial charge in [-0.3, -0.25) is 4.79 Å². The van der Waals surface area contributed by atoms with Gasteiger partial charge in [-0.05, 0) is 23.8 Å². The van der Waals surface area contributed by atoms with Gasteiger partial charge in [-0.15, -0.1) is 0 Å². The maximum atomic E-state index is 12.5. The number of aromatic amines is 1. The van der Waals surface area contributed by atoms with Gasteiger partial charge >= 0.3 is 0 Å². The lowest BCUT2D eigenvalue weighted by molar-refractivity contribution is 0.815. The van der Waals surface area contributed by atoms with Crippen molar-refractivity contribution in [2.75, 3.05) is 0 Å². The van der Waals surface area contributed by atoms with E-state index in [0.717, 1.165) is 20.9 Å². The Balaban J connectivity index is 1.82. The molecule has 23 heavy (non-hydrogen) atoms. The second-order valence-corrected chi connectivity index (χ2v) is 6.00. The minimum absolute atomic E-state index is 0.223. The molecule has 1 N–H and O–H groups in total. The van der Waals surface area contributed by atoms with Crippen LogP contribution in [-0.2, 0) is 0 Å². The summed E-state index contributed by atoms with van der Waals surface area (Å²) < 4.78 is 2.23. The Bertz CT molecular complexity index is 1090. The Morgan fingerprint density at radius 3 is 2.74 bits per heavy atom.